The fraction of sp³-hybridized carbons (Fsp3) is 0.429. The average Bonchev–Trinajstić information content (AvgIpc) is 2.30. The molecule has 3 heteroatoms. The van der Waals surface area contributed by atoms with Crippen molar-refractivity contribution in [2.75, 3.05) is 5.73 Å². The van der Waals surface area contributed by atoms with Crippen LogP contribution in [0.5, 0.6) is 0 Å². The number of anilines is 1. The second-order valence-electron chi connectivity index (χ2n) is 4.15. The van der Waals surface area contributed by atoms with Crippen LogP contribution in [0.25, 0.3) is 0 Å². The van der Waals surface area contributed by atoms with E-state index >= 15 is 0 Å². The summed E-state index contributed by atoms with van der Waals surface area (Å²) in [5, 5.41) is 0. The highest BCUT2D eigenvalue weighted by molar-refractivity contribution is 6.04. The Morgan fingerprint density at radius 1 is 1.06 bits per heavy atom. The predicted molar refractivity (Wildman–Crippen MR) is 69.3 cm³/mol. The monoisotopic (exact) mass is 233 g/mol. The zero-order chi connectivity index (χ0) is 12.8. The fourth-order valence-corrected chi connectivity index (χ4v) is 1.70. The van der Waals surface area contributed by atoms with Crippen molar-refractivity contribution in [1.29, 1.82) is 0 Å². The topological polar surface area (TPSA) is 60.2 Å². The number of carbonyl (C=O) groups is 2. The third kappa shape index (κ3) is 3.41. The third-order valence-electron chi connectivity index (χ3n) is 2.63. The van der Waals surface area contributed by atoms with E-state index in [0.717, 1.165) is 12.8 Å². The van der Waals surface area contributed by atoms with Gasteiger partial charge < -0.3 is 5.73 Å². The van der Waals surface area contributed by atoms with Crippen molar-refractivity contribution in [2.45, 2.75) is 39.5 Å². The first-order valence-corrected chi connectivity index (χ1v) is 6.06. The largest absolute Gasteiger partial charge is 0.398 e. The van der Waals surface area contributed by atoms with Crippen LogP contribution in [0.1, 0.15) is 60.2 Å². The molecule has 0 saturated carbocycles. The van der Waals surface area contributed by atoms with Crippen LogP contribution in [0.4, 0.5) is 5.69 Å². The fourth-order valence-electron chi connectivity index (χ4n) is 1.70. The molecule has 3 nitrogen and oxygen atoms in total. The van der Waals surface area contributed by atoms with Crippen LogP contribution >= 0.6 is 0 Å². The smallest absolute Gasteiger partial charge is 0.164 e. The number of benzene rings is 1. The zero-order valence-electron chi connectivity index (χ0n) is 10.5. The second kappa shape index (κ2) is 6.18. The van der Waals surface area contributed by atoms with Gasteiger partial charge in [-0.1, -0.05) is 13.8 Å². The van der Waals surface area contributed by atoms with E-state index in [-0.39, 0.29) is 11.6 Å². The minimum Gasteiger partial charge on any atom is -0.398 e. The van der Waals surface area contributed by atoms with E-state index in [0.29, 0.717) is 29.7 Å². The molecule has 0 aliphatic carbocycles. The molecule has 0 atom stereocenters. The highest BCUT2D eigenvalue weighted by Crippen LogP contribution is 2.18. The molecule has 1 aromatic carbocycles. The molecule has 1 aromatic rings. The van der Waals surface area contributed by atoms with E-state index in [2.05, 4.69) is 0 Å². The minimum absolute atomic E-state index is 0.0103. The number of carbonyl (C=O) groups excluding carboxylic acids is 2. The van der Waals surface area contributed by atoms with E-state index in [4.69, 9.17) is 5.73 Å². The number of Topliss-reactive ketones (excluding diaryl/α,β-unsaturated/α-hetero) is 2. The zero-order valence-corrected chi connectivity index (χ0v) is 10.5. The molecule has 1 rings (SSSR count). The molecular weight excluding hydrogens is 214 g/mol. The summed E-state index contributed by atoms with van der Waals surface area (Å²) in [6.07, 6.45) is 2.56. The van der Waals surface area contributed by atoms with Crippen molar-refractivity contribution < 1.29 is 9.59 Å². The van der Waals surface area contributed by atoms with Crippen LogP contribution in [0.2, 0.25) is 0 Å². The van der Waals surface area contributed by atoms with Crippen LogP contribution < -0.4 is 5.73 Å². The van der Waals surface area contributed by atoms with Crippen molar-refractivity contribution >= 4 is 17.3 Å². The molecule has 0 saturated heterocycles. The Morgan fingerprint density at radius 3 is 2.24 bits per heavy atom. The highest BCUT2D eigenvalue weighted by atomic mass is 16.1. The van der Waals surface area contributed by atoms with Gasteiger partial charge in [0.15, 0.2) is 11.6 Å². The van der Waals surface area contributed by atoms with Crippen molar-refractivity contribution in [2.24, 2.45) is 0 Å². The van der Waals surface area contributed by atoms with Gasteiger partial charge >= 0.3 is 0 Å². The first kappa shape index (κ1) is 13.4. The van der Waals surface area contributed by atoms with Crippen molar-refractivity contribution in [1.82, 2.24) is 0 Å². The van der Waals surface area contributed by atoms with Gasteiger partial charge in [0.2, 0.25) is 0 Å². The maximum absolute atomic E-state index is 11.8. The number of hydrogen-bond acceptors (Lipinski definition) is 3. The van der Waals surface area contributed by atoms with Gasteiger partial charge in [0.1, 0.15) is 0 Å². The highest BCUT2D eigenvalue weighted by Gasteiger charge is 2.12. The average molecular weight is 233 g/mol. The standard InChI is InChI=1S/C14H19NO2/c1-3-5-13(16)10-7-8-12(15)11(9-10)14(17)6-4-2/h7-9H,3-6,15H2,1-2H3. The summed E-state index contributed by atoms with van der Waals surface area (Å²) in [6.45, 7) is 3.90. The molecule has 0 spiro atoms. The van der Waals surface area contributed by atoms with Crippen molar-refractivity contribution in [3.63, 3.8) is 0 Å². The molecule has 0 aromatic heterocycles. The molecule has 0 amide bonds. The Morgan fingerprint density at radius 2 is 1.65 bits per heavy atom. The van der Waals surface area contributed by atoms with Crippen LogP contribution in [0.3, 0.4) is 0 Å². The predicted octanol–water partition coefficient (Wildman–Crippen LogP) is 3.23. The number of hydrogen-bond donors (Lipinski definition) is 1. The lowest BCUT2D eigenvalue weighted by atomic mass is 9.99. The molecule has 17 heavy (non-hydrogen) atoms. The summed E-state index contributed by atoms with van der Waals surface area (Å²) in [6, 6.07) is 4.97. The van der Waals surface area contributed by atoms with E-state index < -0.39 is 0 Å². The second-order valence-corrected chi connectivity index (χ2v) is 4.15. The Bertz CT molecular complexity index is 424. The lowest BCUT2D eigenvalue weighted by molar-refractivity contribution is 0.0981. The first-order valence-electron chi connectivity index (χ1n) is 6.06. The molecule has 0 aliphatic rings. The molecular formula is C14H19NO2. The molecule has 92 valence electrons. The van der Waals surface area contributed by atoms with Gasteiger partial charge in [-0.3, -0.25) is 9.59 Å². The van der Waals surface area contributed by atoms with Crippen LogP contribution in [-0.4, -0.2) is 11.6 Å². The summed E-state index contributed by atoms with van der Waals surface area (Å²) in [4.78, 5) is 23.5. The molecule has 0 bridgehead atoms. The maximum Gasteiger partial charge on any atom is 0.164 e. The minimum atomic E-state index is 0.0103. The molecule has 0 radical (unpaired) electrons. The van der Waals surface area contributed by atoms with Gasteiger partial charge in [0.05, 0.1) is 0 Å². The van der Waals surface area contributed by atoms with E-state index in [9.17, 15) is 9.59 Å². The van der Waals surface area contributed by atoms with Crippen LogP contribution in [0, 0.1) is 0 Å². The van der Waals surface area contributed by atoms with Gasteiger partial charge in [-0.05, 0) is 31.0 Å². The van der Waals surface area contributed by atoms with Crippen LogP contribution in [0.15, 0.2) is 18.2 Å². The normalized spacial score (nSPS) is 10.2. The third-order valence-corrected chi connectivity index (χ3v) is 2.63. The Labute approximate surface area is 102 Å². The Hall–Kier alpha value is -1.64. The van der Waals surface area contributed by atoms with Gasteiger partial charge in [0.25, 0.3) is 0 Å². The summed E-state index contributed by atoms with van der Waals surface area (Å²) in [5.74, 6) is 0.0780. The molecule has 0 fully saturated rings. The number of nitrogen functional groups attached to an aromatic ring is 1. The summed E-state index contributed by atoms with van der Waals surface area (Å²) >= 11 is 0. The van der Waals surface area contributed by atoms with Gasteiger partial charge in [-0.15, -0.1) is 0 Å². The molecule has 0 heterocycles. The summed E-state index contributed by atoms with van der Waals surface area (Å²) in [5.41, 5.74) is 7.28. The quantitative estimate of drug-likeness (QED) is 0.606. The van der Waals surface area contributed by atoms with Gasteiger partial charge in [0, 0.05) is 29.7 Å². The number of rotatable bonds is 6. The number of nitrogens with two attached hydrogens (primary N) is 1. The Kier molecular flexibility index (Phi) is 4.88. The number of ketones is 2. The van der Waals surface area contributed by atoms with Crippen molar-refractivity contribution in [3.05, 3.63) is 29.3 Å². The summed E-state index contributed by atoms with van der Waals surface area (Å²) < 4.78 is 0. The van der Waals surface area contributed by atoms with E-state index in [1.165, 1.54) is 0 Å². The lowest BCUT2D eigenvalue weighted by Crippen LogP contribution is -2.06. The van der Waals surface area contributed by atoms with Crippen LogP contribution in [-0.2, 0) is 0 Å². The van der Waals surface area contributed by atoms with Gasteiger partial charge in [-0.2, -0.15) is 0 Å². The van der Waals surface area contributed by atoms with E-state index in [1.807, 2.05) is 13.8 Å². The molecule has 2 N–H and O–H groups in total. The summed E-state index contributed by atoms with van der Waals surface area (Å²) in [7, 11) is 0. The van der Waals surface area contributed by atoms with Gasteiger partial charge in [-0.25, -0.2) is 0 Å². The van der Waals surface area contributed by atoms with Crippen molar-refractivity contribution in [3.8, 4) is 0 Å². The maximum atomic E-state index is 11.8. The van der Waals surface area contributed by atoms with E-state index in [1.54, 1.807) is 18.2 Å². The first-order chi connectivity index (χ1) is 8.10. The Balaban J connectivity index is 3.02. The molecule has 0 aliphatic heterocycles. The SMILES string of the molecule is CCCC(=O)c1ccc(N)c(C(=O)CCC)c1. The molecule has 0 unspecified atom stereocenters. The lowest BCUT2D eigenvalue weighted by Gasteiger charge is -2.06.